The molecule has 0 radical (unpaired) electrons. The number of benzene rings is 1. The van der Waals surface area contributed by atoms with Gasteiger partial charge in [0, 0.05) is 31.1 Å². The van der Waals surface area contributed by atoms with Crippen LogP contribution in [0.15, 0.2) is 41.5 Å². The molecule has 142 valence electrons. The zero-order valence-corrected chi connectivity index (χ0v) is 15.1. The molecule has 2 N–H and O–H groups in total. The highest BCUT2D eigenvalue weighted by molar-refractivity contribution is 5.90. The minimum atomic E-state index is -0.477. The van der Waals surface area contributed by atoms with Crippen LogP contribution in [0.1, 0.15) is 19.8 Å². The number of carbonyl (C=O) groups is 2. The Hall–Kier alpha value is -3.16. The maximum absolute atomic E-state index is 12.3. The first-order valence-electron chi connectivity index (χ1n) is 8.93. The lowest BCUT2D eigenvalue weighted by atomic mass is 10.1. The van der Waals surface area contributed by atoms with Crippen molar-refractivity contribution in [2.45, 2.75) is 32.4 Å². The fourth-order valence-electron chi connectivity index (χ4n) is 2.87. The molecule has 1 saturated heterocycles. The van der Waals surface area contributed by atoms with Crippen LogP contribution in [0.25, 0.3) is 11.3 Å². The summed E-state index contributed by atoms with van der Waals surface area (Å²) in [6.45, 7) is 3.11. The third kappa shape index (κ3) is 4.72. The van der Waals surface area contributed by atoms with Crippen LogP contribution >= 0.6 is 0 Å². The van der Waals surface area contributed by atoms with Crippen molar-refractivity contribution in [1.29, 1.82) is 0 Å². The molecule has 1 aliphatic rings. The molecule has 3 rings (SSSR count). The van der Waals surface area contributed by atoms with E-state index in [4.69, 9.17) is 4.74 Å². The van der Waals surface area contributed by atoms with Gasteiger partial charge in [-0.3, -0.25) is 19.0 Å². The van der Waals surface area contributed by atoms with Gasteiger partial charge in [-0.05, 0) is 37.6 Å². The van der Waals surface area contributed by atoms with Crippen LogP contribution < -0.4 is 20.9 Å². The minimum absolute atomic E-state index is 0.111. The average molecular weight is 370 g/mol. The summed E-state index contributed by atoms with van der Waals surface area (Å²) in [7, 11) is 0. The number of aromatic nitrogens is 2. The maximum Gasteiger partial charge on any atom is 0.253 e. The van der Waals surface area contributed by atoms with Crippen LogP contribution in [0.3, 0.4) is 0 Å². The molecule has 8 nitrogen and oxygen atoms in total. The molecule has 1 fully saturated rings. The Bertz CT molecular complexity index is 876. The highest BCUT2D eigenvalue weighted by atomic mass is 16.5. The van der Waals surface area contributed by atoms with Crippen LogP contribution in [-0.4, -0.2) is 40.6 Å². The predicted molar refractivity (Wildman–Crippen MR) is 99.3 cm³/mol. The third-order valence-electron chi connectivity index (χ3n) is 4.30. The lowest BCUT2D eigenvalue weighted by Gasteiger charge is -2.12. The van der Waals surface area contributed by atoms with Crippen LogP contribution in [0, 0.1) is 0 Å². The van der Waals surface area contributed by atoms with Crippen molar-refractivity contribution >= 4 is 11.8 Å². The molecule has 0 bridgehead atoms. The van der Waals surface area contributed by atoms with Crippen LogP contribution in [-0.2, 0) is 16.1 Å². The van der Waals surface area contributed by atoms with Gasteiger partial charge in [-0.25, -0.2) is 4.98 Å². The summed E-state index contributed by atoms with van der Waals surface area (Å²) in [6.07, 6.45) is 2.34. The van der Waals surface area contributed by atoms with E-state index in [9.17, 15) is 14.4 Å². The van der Waals surface area contributed by atoms with Gasteiger partial charge in [0.25, 0.3) is 5.56 Å². The third-order valence-corrected chi connectivity index (χ3v) is 4.30. The molecule has 1 atom stereocenters. The highest BCUT2D eigenvalue weighted by Crippen LogP contribution is 2.19. The van der Waals surface area contributed by atoms with Crippen LogP contribution in [0.4, 0.5) is 0 Å². The molecule has 2 aromatic rings. The summed E-state index contributed by atoms with van der Waals surface area (Å²) in [4.78, 5) is 39.7. The molecule has 1 aromatic carbocycles. The second kappa shape index (κ2) is 8.48. The van der Waals surface area contributed by atoms with E-state index < -0.39 is 6.04 Å². The van der Waals surface area contributed by atoms with E-state index in [1.165, 1.54) is 17.0 Å². The van der Waals surface area contributed by atoms with E-state index in [1.807, 2.05) is 31.2 Å². The molecule has 1 aromatic heterocycles. The van der Waals surface area contributed by atoms with Crippen LogP contribution in [0.5, 0.6) is 5.75 Å². The summed E-state index contributed by atoms with van der Waals surface area (Å²) in [6, 6.07) is 8.37. The number of amides is 2. The topological polar surface area (TPSA) is 102 Å². The summed E-state index contributed by atoms with van der Waals surface area (Å²) >= 11 is 0. The molecule has 8 heteroatoms. The molecule has 2 amide bonds. The predicted octanol–water partition coefficient (Wildman–Crippen LogP) is 0.704. The van der Waals surface area contributed by atoms with Gasteiger partial charge in [-0.1, -0.05) is 0 Å². The normalized spacial score (nSPS) is 16.0. The van der Waals surface area contributed by atoms with Crippen LogP contribution in [0.2, 0.25) is 0 Å². The largest absolute Gasteiger partial charge is 0.494 e. The molecular formula is C19H22N4O4. The zero-order chi connectivity index (χ0) is 19.2. The Morgan fingerprint density at radius 2 is 2.11 bits per heavy atom. The number of hydrogen-bond donors (Lipinski definition) is 2. The van der Waals surface area contributed by atoms with E-state index >= 15 is 0 Å². The van der Waals surface area contributed by atoms with Gasteiger partial charge in [0.1, 0.15) is 11.8 Å². The number of nitrogens with zero attached hydrogens (tertiary/aromatic N) is 2. The Labute approximate surface area is 156 Å². The van der Waals surface area contributed by atoms with E-state index in [-0.39, 0.29) is 23.9 Å². The second-order valence-corrected chi connectivity index (χ2v) is 6.21. The first-order valence-corrected chi connectivity index (χ1v) is 8.93. The first kappa shape index (κ1) is 18.6. The Morgan fingerprint density at radius 1 is 1.33 bits per heavy atom. The molecule has 1 unspecified atom stereocenters. The Kier molecular flexibility index (Phi) is 5.85. The van der Waals surface area contributed by atoms with Gasteiger partial charge in [-0.15, -0.1) is 0 Å². The smallest absolute Gasteiger partial charge is 0.253 e. The maximum atomic E-state index is 12.3. The van der Waals surface area contributed by atoms with Gasteiger partial charge < -0.3 is 15.4 Å². The Morgan fingerprint density at radius 3 is 2.74 bits per heavy atom. The summed E-state index contributed by atoms with van der Waals surface area (Å²) < 4.78 is 6.84. The molecule has 27 heavy (non-hydrogen) atoms. The van der Waals surface area contributed by atoms with Crippen molar-refractivity contribution in [2.75, 3.05) is 13.2 Å². The lowest BCUT2D eigenvalue weighted by Crippen LogP contribution is -2.43. The van der Waals surface area contributed by atoms with Crippen molar-refractivity contribution < 1.29 is 14.3 Å². The molecule has 0 spiro atoms. The summed E-state index contributed by atoms with van der Waals surface area (Å²) in [5, 5.41) is 5.34. The number of rotatable bonds is 7. The van der Waals surface area contributed by atoms with Crippen molar-refractivity contribution in [1.82, 2.24) is 20.2 Å². The lowest BCUT2D eigenvalue weighted by molar-refractivity contribution is -0.125. The fraction of sp³-hybridized carbons (Fsp3) is 0.368. The van der Waals surface area contributed by atoms with E-state index in [0.29, 0.717) is 31.7 Å². The summed E-state index contributed by atoms with van der Waals surface area (Å²) in [5.74, 6) is 0.428. The van der Waals surface area contributed by atoms with Crippen molar-refractivity contribution in [3.05, 3.63) is 47.0 Å². The standard InChI is InChI=1S/C19H22N4O4/c1-2-27-14-5-3-13(4-6-14)16-11-18(25)23(12-21-16)10-9-20-19(26)15-7-8-17(24)22-15/h3-6,11-12,15H,2,7-10H2,1H3,(H,20,26)(H,22,24). The van der Waals surface area contributed by atoms with Gasteiger partial charge in [0.05, 0.1) is 18.6 Å². The highest BCUT2D eigenvalue weighted by Gasteiger charge is 2.26. The van der Waals surface area contributed by atoms with E-state index in [1.54, 1.807) is 0 Å². The van der Waals surface area contributed by atoms with Crippen molar-refractivity contribution in [3.63, 3.8) is 0 Å². The number of carbonyl (C=O) groups excluding carboxylic acids is 2. The van der Waals surface area contributed by atoms with Gasteiger partial charge in [0.15, 0.2) is 0 Å². The van der Waals surface area contributed by atoms with Gasteiger partial charge in [-0.2, -0.15) is 0 Å². The number of hydrogen-bond acceptors (Lipinski definition) is 5. The number of nitrogens with one attached hydrogen (secondary N) is 2. The monoisotopic (exact) mass is 370 g/mol. The van der Waals surface area contributed by atoms with E-state index in [0.717, 1.165) is 11.3 Å². The molecular weight excluding hydrogens is 348 g/mol. The SMILES string of the molecule is CCOc1ccc(-c2cc(=O)n(CCNC(=O)C3CCC(=O)N3)cn2)cc1. The van der Waals surface area contributed by atoms with Gasteiger partial charge in [0.2, 0.25) is 11.8 Å². The molecule has 0 saturated carbocycles. The van der Waals surface area contributed by atoms with E-state index in [2.05, 4.69) is 15.6 Å². The fourth-order valence-corrected chi connectivity index (χ4v) is 2.87. The average Bonchev–Trinajstić information content (AvgIpc) is 3.10. The second-order valence-electron chi connectivity index (χ2n) is 6.21. The molecule has 2 heterocycles. The van der Waals surface area contributed by atoms with Crippen molar-refractivity contribution in [3.8, 4) is 17.0 Å². The Balaban J connectivity index is 1.57. The summed E-state index contributed by atoms with van der Waals surface area (Å²) in [5.41, 5.74) is 1.21. The minimum Gasteiger partial charge on any atom is -0.494 e. The zero-order valence-electron chi connectivity index (χ0n) is 15.1. The first-order chi connectivity index (χ1) is 13.1. The van der Waals surface area contributed by atoms with Crippen molar-refractivity contribution in [2.24, 2.45) is 0 Å². The number of ether oxygens (including phenoxy) is 1. The molecule has 1 aliphatic heterocycles. The van der Waals surface area contributed by atoms with Gasteiger partial charge >= 0.3 is 0 Å². The quantitative estimate of drug-likeness (QED) is 0.747. The molecule has 0 aliphatic carbocycles.